The number of nitrogens with zero attached hydrogens (tertiary/aromatic N) is 2. The van der Waals surface area contributed by atoms with E-state index in [2.05, 4.69) is 20.6 Å². The molecule has 0 spiro atoms. The first-order valence-electron chi connectivity index (χ1n) is 6.24. The average Bonchev–Trinajstić information content (AvgIpc) is 2.94. The van der Waals surface area contributed by atoms with Crippen LogP contribution in [0.1, 0.15) is 12.8 Å². The molecule has 18 heavy (non-hydrogen) atoms. The van der Waals surface area contributed by atoms with Crippen molar-refractivity contribution in [1.29, 1.82) is 0 Å². The van der Waals surface area contributed by atoms with Crippen molar-refractivity contribution in [3.63, 3.8) is 0 Å². The van der Waals surface area contributed by atoms with E-state index in [0.717, 1.165) is 30.2 Å². The van der Waals surface area contributed by atoms with E-state index in [1.807, 2.05) is 12.1 Å². The van der Waals surface area contributed by atoms with E-state index in [0.29, 0.717) is 6.04 Å². The predicted molar refractivity (Wildman–Crippen MR) is 69.2 cm³/mol. The van der Waals surface area contributed by atoms with Gasteiger partial charge in [0.1, 0.15) is 12.1 Å². The van der Waals surface area contributed by atoms with Crippen LogP contribution in [0, 0.1) is 0 Å². The second-order valence-corrected chi connectivity index (χ2v) is 4.49. The summed E-state index contributed by atoms with van der Waals surface area (Å²) in [7, 11) is 0. The molecule has 1 fully saturated rings. The van der Waals surface area contributed by atoms with Gasteiger partial charge < -0.3 is 15.1 Å². The summed E-state index contributed by atoms with van der Waals surface area (Å²) in [6.07, 6.45) is 7.31. The number of hydrogen-bond acceptors (Lipinski definition) is 5. The van der Waals surface area contributed by atoms with Gasteiger partial charge in [-0.15, -0.1) is 0 Å². The van der Waals surface area contributed by atoms with Crippen LogP contribution in [0.5, 0.6) is 0 Å². The lowest BCUT2D eigenvalue weighted by Gasteiger charge is -2.24. The predicted octanol–water partition coefficient (Wildman–Crippen LogP) is 1.90. The van der Waals surface area contributed by atoms with Crippen LogP contribution in [0.3, 0.4) is 0 Å². The van der Waals surface area contributed by atoms with Crippen LogP contribution in [0.15, 0.2) is 35.4 Å². The van der Waals surface area contributed by atoms with Crippen molar-refractivity contribution in [2.24, 2.45) is 0 Å². The molecule has 2 aromatic rings. The van der Waals surface area contributed by atoms with Gasteiger partial charge >= 0.3 is 0 Å². The van der Waals surface area contributed by atoms with Gasteiger partial charge in [0.25, 0.3) is 0 Å². The first-order chi connectivity index (χ1) is 8.92. The van der Waals surface area contributed by atoms with Crippen molar-refractivity contribution >= 4 is 5.82 Å². The van der Waals surface area contributed by atoms with Gasteiger partial charge in [0.05, 0.1) is 18.2 Å². The lowest BCUT2D eigenvalue weighted by molar-refractivity contribution is 0.479. The molecular formula is C13H16N4O. The Kier molecular flexibility index (Phi) is 3.23. The molecule has 1 saturated heterocycles. The Hall–Kier alpha value is -1.88. The van der Waals surface area contributed by atoms with Gasteiger partial charge in [-0.1, -0.05) is 0 Å². The summed E-state index contributed by atoms with van der Waals surface area (Å²) in [5, 5.41) is 6.82. The third-order valence-electron chi connectivity index (χ3n) is 3.13. The highest BCUT2D eigenvalue weighted by Crippen LogP contribution is 2.19. The highest BCUT2D eigenvalue weighted by molar-refractivity contribution is 5.60. The van der Waals surface area contributed by atoms with Gasteiger partial charge in [-0.25, -0.2) is 9.97 Å². The Labute approximate surface area is 106 Å². The summed E-state index contributed by atoms with van der Waals surface area (Å²) in [6, 6.07) is 4.30. The molecule has 5 nitrogen and oxygen atoms in total. The van der Waals surface area contributed by atoms with E-state index in [-0.39, 0.29) is 0 Å². The molecule has 1 unspecified atom stereocenters. The Morgan fingerprint density at radius 1 is 1.39 bits per heavy atom. The van der Waals surface area contributed by atoms with Crippen molar-refractivity contribution in [3.05, 3.63) is 31.0 Å². The minimum absolute atomic E-state index is 0.450. The number of furan rings is 1. The fourth-order valence-electron chi connectivity index (χ4n) is 2.19. The van der Waals surface area contributed by atoms with Crippen LogP contribution in [0.2, 0.25) is 0 Å². The number of anilines is 1. The van der Waals surface area contributed by atoms with Crippen LogP contribution in [-0.4, -0.2) is 29.1 Å². The fraction of sp³-hybridized carbons (Fsp3) is 0.385. The quantitative estimate of drug-likeness (QED) is 0.863. The number of piperidine rings is 1. The lowest BCUT2D eigenvalue weighted by atomic mass is 10.1. The molecule has 0 aliphatic carbocycles. The Morgan fingerprint density at radius 2 is 2.39 bits per heavy atom. The summed E-state index contributed by atoms with van der Waals surface area (Å²) in [6.45, 7) is 2.10. The minimum Gasteiger partial charge on any atom is -0.472 e. The van der Waals surface area contributed by atoms with E-state index < -0.39 is 0 Å². The molecule has 1 atom stereocenters. The SMILES string of the molecule is c1nc(NC2CCCNC2)cc(-c2ccoc2)n1. The van der Waals surface area contributed by atoms with Gasteiger partial charge in [-0.05, 0) is 25.5 Å². The first-order valence-corrected chi connectivity index (χ1v) is 6.24. The number of rotatable bonds is 3. The van der Waals surface area contributed by atoms with E-state index in [4.69, 9.17) is 4.42 Å². The van der Waals surface area contributed by atoms with Gasteiger partial charge in [-0.3, -0.25) is 0 Å². The monoisotopic (exact) mass is 244 g/mol. The van der Waals surface area contributed by atoms with Crippen molar-refractivity contribution in [3.8, 4) is 11.3 Å². The summed E-state index contributed by atoms with van der Waals surface area (Å²) < 4.78 is 5.07. The Bertz CT molecular complexity index is 491. The third kappa shape index (κ3) is 2.51. The van der Waals surface area contributed by atoms with Crippen LogP contribution in [-0.2, 0) is 0 Å². The maximum Gasteiger partial charge on any atom is 0.130 e. The van der Waals surface area contributed by atoms with E-state index >= 15 is 0 Å². The van der Waals surface area contributed by atoms with Crippen LogP contribution < -0.4 is 10.6 Å². The van der Waals surface area contributed by atoms with Crippen molar-refractivity contribution in [1.82, 2.24) is 15.3 Å². The summed E-state index contributed by atoms with van der Waals surface area (Å²) in [5.74, 6) is 0.870. The molecule has 94 valence electrons. The molecule has 0 bridgehead atoms. The maximum atomic E-state index is 5.07. The highest BCUT2D eigenvalue weighted by Gasteiger charge is 2.13. The highest BCUT2D eigenvalue weighted by atomic mass is 16.3. The molecule has 5 heteroatoms. The standard InChI is InChI=1S/C13H16N4O/c1-2-11(7-14-4-1)17-13-6-12(15-9-16-13)10-3-5-18-8-10/h3,5-6,8-9,11,14H,1-2,4,7H2,(H,15,16,17). The van der Waals surface area contributed by atoms with Crippen LogP contribution in [0.4, 0.5) is 5.82 Å². The molecule has 3 rings (SSSR count). The van der Waals surface area contributed by atoms with E-state index in [1.54, 1.807) is 18.9 Å². The van der Waals surface area contributed by atoms with E-state index in [9.17, 15) is 0 Å². The largest absolute Gasteiger partial charge is 0.472 e. The number of aromatic nitrogens is 2. The smallest absolute Gasteiger partial charge is 0.130 e. The molecule has 1 aliphatic heterocycles. The zero-order chi connectivity index (χ0) is 12.2. The molecule has 0 radical (unpaired) electrons. The van der Waals surface area contributed by atoms with Crippen molar-refractivity contribution < 1.29 is 4.42 Å². The summed E-state index contributed by atoms with van der Waals surface area (Å²) >= 11 is 0. The molecule has 2 N–H and O–H groups in total. The third-order valence-corrected chi connectivity index (χ3v) is 3.13. The lowest BCUT2D eigenvalue weighted by Crippen LogP contribution is -2.38. The summed E-state index contributed by atoms with van der Waals surface area (Å²) in [4.78, 5) is 8.51. The normalized spacial score (nSPS) is 19.7. The molecule has 0 amide bonds. The van der Waals surface area contributed by atoms with E-state index in [1.165, 1.54) is 12.8 Å². The van der Waals surface area contributed by atoms with Gasteiger partial charge in [-0.2, -0.15) is 0 Å². The van der Waals surface area contributed by atoms with Gasteiger partial charge in [0.15, 0.2) is 0 Å². The second-order valence-electron chi connectivity index (χ2n) is 4.49. The molecular weight excluding hydrogens is 228 g/mol. The Morgan fingerprint density at radius 3 is 3.17 bits per heavy atom. The zero-order valence-corrected chi connectivity index (χ0v) is 10.1. The van der Waals surface area contributed by atoms with Crippen LogP contribution in [0.25, 0.3) is 11.3 Å². The molecule has 2 aromatic heterocycles. The summed E-state index contributed by atoms with van der Waals surface area (Å²) in [5.41, 5.74) is 1.85. The average molecular weight is 244 g/mol. The topological polar surface area (TPSA) is 63.0 Å². The minimum atomic E-state index is 0.450. The molecule has 1 aliphatic rings. The van der Waals surface area contributed by atoms with Gasteiger partial charge in [0.2, 0.25) is 0 Å². The second kappa shape index (κ2) is 5.18. The van der Waals surface area contributed by atoms with Crippen molar-refractivity contribution in [2.45, 2.75) is 18.9 Å². The molecule has 0 aromatic carbocycles. The first kappa shape index (κ1) is 11.2. The maximum absolute atomic E-state index is 5.07. The Balaban J connectivity index is 1.74. The van der Waals surface area contributed by atoms with Crippen LogP contribution >= 0.6 is 0 Å². The van der Waals surface area contributed by atoms with Crippen molar-refractivity contribution in [2.75, 3.05) is 18.4 Å². The zero-order valence-electron chi connectivity index (χ0n) is 10.1. The molecule has 0 saturated carbocycles. The molecule has 3 heterocycles. The van der Waals surface area contributed by atoms with Gasteiger partial charge in [0, 0.05) is 24.2 Å². The fourth-order valence-corrected chi connectivity index (χ4v) is 2.19. The number of nitrogens with one attached hydrogen (secondary N) is 2. The number of hydrogen-bond donors (Lipinski definition) is 2.